The summed E-state index contributed by atoms with van der Waals surface area (Å²) >= 11 is 0. The molecule has 0 saturated heterocycles. The molecule has 2 saturated carbocycles. The van der Waals surface area contributed by atoms with Gasteiger partial charge in [0, 0.05) is 7.11 Å². The number of hydrogen-bond donors (Lipinski definition) is 1. The molecule has 3 unspecified atom stereocenters. The van der Waals surface area contributed by atoms with Crippen LogP contribution in [-0.4, -0.2) is 23.9 Å². The van der Waals surface area contributed by atoms with Crippen molar-refractivity contribution in [1.29, 1.82) is 0 Å². The van der Waals surface area contributed by atoms with Crippen molar-refractivity contribution in [2.24, 2.45) is 17.8 Å². The quantitative estimate of drug-likeness (QED) is 0.779. The second-order valence-corrected chi connectivity index (χ2v) is 7.31. The van der Waals surface area contributed by atoms with E-state index in [1.54, 1.807) is 0 Å². The minimum absolute atomic E-state index is 0.252. The van der Waals surface area contributed by atoms with Gasteiger partial charge in [-0.25, -0.2) is 0 Å². The number of ether oxygens (including phenoxy) is 1. The Kier molecular flexibility index (Phi) is 5.30. The third kappa shape index (κ3) is 3.52. The van der Waals surface area contributed by atoms with E-state index in [1.165, 1.54) is 44.9 Å². The van der Waals surface area contributed by atoms with Crippen LogP contribution in [0.4, 0.5) is 0 Å². The van der Waals surface area contributed by atoms with Crippen LogP contribution < -0.4 is 0 Å². The van der Waals surface area contributed by atoms with Crippen LogP contribution in [0, 0.1) is 17.8 Å². The van der Waals surface area contributed by atoms with Gasteiger partial charge < -0.3 is 9.84 Å². The van der Waals surface area contributed by atoms with Crippen LogP contribution in [0.15, 0.2) is 0 Å². The van der Waals surface area contributed by atoms with Gasteiger partial charge in [0.15, 0.2) is 0 Å². The second kappa shape index (κ2) is 6.58. The maximum absolute atomic E-state index is 11.0. The maximum atomic E-state index is 11.0. The van der Waals surface area contributed by atoms with E-state index in [9.17, 15) is 5.11 Å². The van der Waals surface area contributed by atoms with E-state index in [0.717, 1.165) is 24.7 Å². The van der Waals surface area contributed by atoms with Gasteiger partial charge in [0.1, 0.15) is 0 Å². The molecule has 2 aliphatic rings. The van der Waals surface area contributed by atoms with E-state index in [2.05, 4.69) is 13.8 Å². The molecule has 0 aromatic carbocycles. The van der Waals surface area contributed by atoms with Crippen molar-refractivity contribution in [3.05, 3.63) is 0 Å². The Morgan fingerprint density at radius 1 is 0.947 bits per heavy atom. The normalized spacial score (nSPS) is 37.6. The molecule has 3 atom stereocenters. The number of aliphatic hydroxyl groups is 1. The Hall–Kier alpha value is -0.0800. The predicted octanol–water partition coefficient (Wildman–Crippen LogP) is 4.16. The molecule has 0 radical (unpaired) electrons. The van der Waals surface area contributed by atoms with Gasteiger partial charge in [-0.15, -0.1) is 0 Å². The number of rotatable bonds is 3. The molecule has 0 aliphatic heterocycles. The predicted molar refractivity (Wildman–Crippen MR) is 79.1 cm³/mol. The number of methoxy groups -OCH3 is 1. The molecule has 0 heterocycles. The summed E-state index contributed by atoms with van der Waals surface area (Å²) < 4.78 is 5.89. The molecule has 2 fully saturated rings. The summed E-state index contributed by atoms with van der Waals surface area (Å²) in [6, 6.07) is 0. The molecule has 0 amide bonds. The first kappa shape index (κ1) is 15.3. The van der Waals surface area contributed by atoms with Gasteiger partial charge in [-0.3, -0.25) is 0 Å². The van der Waals surface area contributed by atoms with E-state index in [1.807, 2.05) is 7.11 Å². The minimum atomic E-state index is -0.263. The Labute approximate surface area is 118 Å². The highest BCUT2D eigenvalue weighted by atomic mass is 16.5. The number of hydrogen-bond acceptors (Lipinski definition) is 2. The van der Waals surface area contributed by atoms with E-state index in [-0.39, 0.29) is 11.7 Å². The van der Waals surface area contributed by atoms with Crippen LogP contribution in [0.2, 0.25) is 0 Å². The monoisotopic (exact) mass is 268 g/mol. The molecule has 0 aromatic rings. The standard InChI is InChI=1S/C17H32O2/c1-13-10-14(2)12-15(11-13)16(18)17(19-3)8-6-4-5-7-9-17/h13-16,18H,4-12H2,1-3H3. The van der Waals surface area contributed by atoms with Crippen molar-refractivity contribution in [2.45, 2.75) is 83.3 Å². The fourth-order valence-electron chi connectivity index (χ4n) is 4.64. The third-order valence-corrected chi connectivity index (χ3v) is 5.56. The van der Waals surface area contributed by atoms with Crippen LogP contribution in [-0.2, 0) is 4.74 Å². The molecule has 2 aliphatic carbocycles. The van der Waals surface area contributed by atoms with Crippen molar-refractivity contribution in [2.75, 3.05) is 7.11 Å². The summed E-state index contributed by atoms with van der Waals surface area (Å²) in [4.78, 5) is 0. The lowest BCUT2D eigenvalue weighted by molar-refractivity contribution is -0.141. The smallest absolute Gasteiger partial charge is 0.0939 e. The molecular weight excluding hydrogens is 236 g/mol. The van der Waals surface area contributed by atoms with E-state index in [0.29, 0.717) is 5.92 Å². The molecule has 0 bridgehead atoms. The van der Waals surface area contributed by atoms with Crippen molar-refractivity contribution in [3.63, 3.8) is 0 Å². The lowest BCUT2D eigenvalue weighted by atomic mass is 9.69. The van der Waals surface area contributed by atoms with Crippen molar-refractivity contribution >= 4 is 0 Å². The average Bonchev–Trinajstić information content (AvgIpc) is 2.63. The van der Waals surface area contributed by atoms with Gasteiger partial charge in [-0.05, 0) is 49.9 Å². The molecule has 2 heteroatoms. The first-order valence-electron chi connectivity index (χ1n) is 8.30. The van der Waals surface area contributed by atoms with Gasteiger partial charge in [-0.1, -0.05) is 39.5 Å². The zero-order valence-corrected chi connectivity index (χ0v) is 13.0. The highest BCUT2D eigenvalue weighted by Crippen LogP contribution is 2.42. The zero-order chi connectivity index (χ0) is 13.9. The Balaban J connectivity index is 2.08. The molecule has 112 valence electrons. The SMILES string of the molecule is COC1(C(O)C2CC(C)CC(C)C2)CCCCCC1. The van der Waals surface area contributed by atoms with Crippen molar-refractivity contribution in [3.8, 4) is 0 Å². The molecule has 1 N–H and O–H groups in total. The Morgan fingerprint density at radius 2 is 1.47 bits per heavy atom. The molecule has 2 rings (SSSR count). The van der Waals surface area contributed by atoms with Crippen LogP contribution in [0.1, 0.15) is 71.6 Å². The van der Waals surface area contributed by atoms with Gasteiger partial charge in [0.2, 0.25) is 0 Å². The fraction of sp³-hybridized carbons (Fsp3) is 1.00. The summed E-state index contributed by atoms with van der Waals surface area (Å²) in [5, 5.41) is 11.0. The number of aliphatic hydroxyl groups excluding tert-OH is 1. The van der Waals surface area contributed by atoms with E-state index >= 15 is 0 Å². The maximum Gasteiger partial charge on any atom is 0.0939 e. The molecule has 0 spiro atoms. The van der Waals surface area contributed by atoms with Crippen LogP contribution in [0.5, 0.6) is 0 Å². The summed E-state index contributed by atoms with van der Waals surface area (Å²) in [7, 11) is 1.81. The van der Waals surface area contributed by atoms with Crippen LogP contribution >= 0.6 is 0 Å². The summed E-state index contributed by atoms with van der Waals surface area (Å²) in [6.45, 7) is 4.67. The summed E-state index contributed by atoms with van der Waals surface area (Å²) in [5.74, 6) is 1.95. The molecular formula is C17H32O2. The van der Waals surface area contributed by atoms with E-state index in [4.69, 9.17) is 4.74 Å². The zero-order valence-electron chi connectivity index (χ0n) is 13.0. The lowest BCUT2D eigenvalue weighted by Crippen LogP contribution is -2.49. The minimum Gasteiger partial charge on any atom is -0.390 e. The van der Waals surface area contributed by atoms with Crippen LogP contribution in [0.3, 0.4) is 0 Å². The lowest BCUT2D eigenvalue weighted by Gasteiger charge is -2.43. The molecule has 0 aromatic heterocycles. The molecule has 2 nitrogen and oxygen atoms in total. The Bertz CT molecular complexity index is 258. The van der Waals surface area contributed by atoms with Gasteiger partial charge >= 0.3 is 0 Å². The van der Waals surface area contributed by atoms with Crippen LogP contribution in [0.25, 0.3) is 0 Å². The first-order chi connectivity index (χ1) is 9.07. The first-order valence-corrected chi connectivity index (χ1v) is 8.30. The average molecular weight is 268 g/mol. The summed E-state index contributed by atoms with van der Waals surface area (Å²) in [5.41, 5.74) is -0.252. The van der Waals surface area contributed by atoms with Gasteiger partial charge in [-0.2, -0.15) is 0 Å². The Morgan fingerprint density at radius 3 is 1.95 bits per heavy atom. The highest BCUT2D eigenvalue weighted by Gasteiger charge is 2.43. The third-order valence-electron chi connectivity index (χ3n) is 5.56. The van der Waals surface area contributed by atoms with Crippen molar-refractivity contribution in [1.82, 2.24) is 0 Å². The second-order valence-electron chi connectivity index (χ2n) is 7.31. The van der Waals surface area contributed by atoms with Crippen molar-refractivity contribution < 1.29 is 9.84 Å². The summed E-state index contributed by atoms with van der Waals surface area (Å²) in [6.07, 6.45) is 10.5. The van der Waals surface area contributed by atoms with Gasteiger partial charge in [0.05, 0.1) is 11.7 Å². The topological polar surface area (TPSA) is 29.5 Å². The fourth-order valence-corrected chi connectivity index (χ4v) is 4.64. The molecule has 19 heavy (non-hydrogen) atoms. The van der Waals surface area contributed by atoms with Gasteiger partial charge in [0.25, 0.3) is 0 Å². The van der Waals surface area contributed by atoms with E-state index < -0.39 is 0 Å². The largest absolute Gasteiger partial charge is 0.390 e. The highest BCUT2D eigenvalue weighted by molar-refractivity contribution is 4.95.